The maximum Gasteiger partial charge on any atom is 0.270 e. The molecule has 2 amide bonds. The molecule has 0 N–H and O–H groups in total. The summed E-state index contributed by atoms with van der Waals surface area (Å²) in [4.78, 5) is 39.4. The van der Waals surface area contributed by atoms with Crippen LogP contribution in [0.5, 0.6) is 11.5 Å². The maximum absolute atomic E-state index is 12.9. The van der Waals surface area contributed by atoms with Crippen LogP contribution in [0.2, 0.25) is 5.02 Å². The van der Waals surface area contributed by atoms with Crippen LogP contribution in [0.3, 0.4) is 0 Å². The molecular weight excluding hydrogens is 382 g/mol. The second kappa shape index (κ2) is 8.44. The van der Waals surface area contributed by atoms with Crippen molar-refractivity contribution in [2.24, 2.45) is 0 Å². The van der Waals surface area contributed by atoms with Gasteiger partial charge in [-0.05, 0) is 43.7 Å². The number of carbonyl (C=O) groups excluding carboxylic acids is 3. The number of para-hydroxylation sites is 1. The maximum atomic E-state index is 12.9. The average molecular weight is 402 g/mol. The molecule has 3 rings (SSSR count). The van der Waals surface area contributed by atoms with Crippen LogP contribution >= 0.6 is 11.6 Å². The van der Waals surface area contributed by atoms with Gasteiger partial charge in [-0.2, -0.15) is 0 Å². The van der Waals surface area contributed by atoms with Gasteiger partial charge in [0.1, 0.15) is 11.5 Å². The zero-order chi connectivity index (χ0) is 20.3. The second-order valence-electron chi connectivity index (χ2n) is 6.24. The van der Waals surface area contributed by atoms with E-state index >= 15 is 0 Å². The fourth-order valence-corrected chi connectivity index (χ4v) is 3.19. The number of rotatable bonds is 6. The molecule has 0 spiro atoms. The molecule has 0 aliphatic carbocycles. The van der Waals surface area contributed by atoms with Gasteiger partial charge in [-0.15, -0.1) is 0 Å². The molecule has 1 heterocycles. The summed E-state index contributed by atoms with van der Waals surface area (Å²) in [5.41, 5.74) is 0.546. The standard InChI is InChI=1S/C21H20ClNO5/c1-3-17-21(26)23(20(25)14-7-5-6-8-18(14)28-17)12-16(24)13-9-10-19(27-4-2)15(22)11-13/h5-11,17H,3-4,12H2,1-2H3. The fourth-order valence-electron chi connectivity index (χ4n) is 2.96. The summed E-state index contributed by atoms with van der Waals surface area (Å²) in [6, 6.07) is 11.3. The molecule has 0 fully saturated rings. The topological polar surface area (TPSA) is 72.9 Å². The molecular formula is C21H20ClNO5. The molecule has 0 saturated carbocycles. The van der Waals surface area contributed by atoms with Crippen molar-refractivity contribution in [2.45, 2.75) is 26.4 Å². The summed E-state index contributed by atoms with van der Waals surface area (Å²) in [6.07, 6.45) is -0.454. The van der Waals surface area contributed by atoms with Crippen molar-refractivity contribution >= 4 is 29.2 Å². The van der Waals surface area contributed by atoms with E-state index in [1.165, 1.54) is 6.07 Å². The highest BCUT2D eigenvalue weighted by atomic mass is 35.5. The zero-order valence-electron chi connectivity index (χ0n) is 15.6. The highest BCUT2D eigenvalue weighted by Crippen LogP contribution is 2.28. The molecule has 1 unspecified atom stereocenters. The molecule has 2 aromatic carbocycles. The van der Waals surface area contributed by atoms with Gasteiger partial charge in [-0.25, -0.2) is 0 Å². The van der Waals surface area contributed by atoms with Crippen LogP contribution in [0, 0.1) is 0 Å². The zero-order valence-corrected chi connectivity index (χ0v) is 16.4. The monoisotopic (exact) mass is 401 g/mol. The van der Waals surface area contributed by atoms with Crippen LogP contribution < -0.4 is 9.47 Å². The van der Waals surface area contributed by atoms with Crippen molar-refractivity contribution in [2.75, 3.05) is 13.2 Å². The Morgan fingerprint density at radius 2 is 1.93 bits per heavy atom. The number of hydrogen-bond donors (Lipinski definition) is 0. The first-order valence-corrected chi connectivity index (χ1v) is 9.41. The fraction of sp³-hybridized carbons (Fsp3) is 0.286. The van der Waals surface area contributed by atoms with E-state index in [1.54, 1.807) is 43.3 Å². The van der Waals surface area contributed by atoms with Crippen molar-refractivity contribution < 1.29 is 23.9 Å². The Morgan fingerprint density at radius 3 is 2.61 bits per heavy atom. The van der Waals surface area contributed by atoms with Gasteiger partial charge in [0, 0.05) is 5.56 Å². The second-order valence-corrected chi connectivity index (χ2v) is 6.65. The van der Waals surface area contributed by atoms with E-state index in [-0.39, 0.29) is 5.56 Å². The summed E-state index contributed by atoms with van der Waals surface area (Å²) in [5.74, 6) is -0.681. The summed E-state index contributed by atoms with van der Waals surface area (Å²) in [7, 11) is 0. The molecule has 1 atom stereocenters. The Labute approximate surface area is 168 Å². The summed E-state index contributed by atoms with van der Waals surface area (Å²) in [6.45, 7) is 3.67. The Morgan fingerprint density at radius 1 is 1.18 bits per heavy atom. The molecule has 0 bridgehead atoms. The van der Waals surface area contributed by atoms with Crippen molar-refractivity contribution in [3.05, 3.63) is 58.6 Å². The minimum Gasteiger partial charge on any atom is -0.492 e. The predicted octanol–water partition coefficient (Wildman–Crippen LogP) is 3.76. The van der Waals surface area contributed by atoms with E-state index < -0.39 is 30.2 Å². The minimum absolute atomic E-state index is 0.254. The van der Waals surface area contributed by atoms with Crippen LogP contribution in [-0.2, 0) is 4.79 Å². The van der Waals surface area contributed by atoms with Crippen molar-refractivity contribution in [3.8, 4) is 11.5 Å². The first-order valence-electron chi connectivity index (χ1n) is 9.03. The third-order valence-electron chi connectivity index (χ3n) is 4.40. The SMILES string of the molecule is CCOc1ccc(C(=O)CN2C(=O)c3ccccc3OC(CC)C2=O)cc1Cl. The smallest absolute Gasteiger partial charge is 0.270 e. The number of imide groups is 1. The first kappa shape index (κ1) is 19.9. The molecule has 146 valence electrons. The third kappa shape index (κ3) is 3.87. The lowest BCUT2D eigenvalue weighted by molar-refractivity contribution is -0.135. The van der Waals surface area contributed by atoms with Gasteiger partial charge in [0.2, 0.25) is 0 Å². The molecule has 6 nitrogen and oxygen atoms in total. The quantitative estimate of drug-likeness (QED) is 0.544. The van der Waals surface area contributed by atoms with Gasteiger partial charge in [-0.1, -0.05) is 30.7 Å². The van der Waals surface area contributed by atoms with Crippen molar-refractivity contribution in [3.63, 3.8) is 0 Å². The Bertz CT molecular complexity index is 927. The van der Waals surface area contributed by atoms with E-state index in [0.29, 0.717) is 35.1 Å². The Kier molecular flexibility index (Phi) is 5.99. The molecule has 1 aliphatic rings. The normalized spacial score (nSPS) is 16.2. The van der Waals surface area contributed by atoms with Gasteiger partial charge >= 0.3 is 0 Å². The number of ether oxygens (including phenoxy) is 2. The molecule has 0 saturated heterocycles. The minimum atomic E-state index is -0.829. The van der Waals surface area contributed by atoms with Crippen LogP contribution in [0.4, 0.5) is 0 Å². The molecule has 1 aliphatic heterocycles. The molecule has 0 aromatic heterocycles. The van der Waals surface area contributed by atoms with Gasteiger partial charge in [0.15, 0.2) is 11.9 Å². The number of nitrogens with zero attached hydrogens (tertiary/aromatic N) is 1. The van der Waals surface area contributed by atoms with Gasteiger partial charge in [-0.3, -0.25) is 19.3 Å². The summed E-state index contributed by atoms with van der Waals surface area (Å²) >= 11 is 6.15. The summed E-state index contributed by atoms with van der Waals surface area (Å²) < 4.78 is 11.1. The van der Waals surface area contributed by atoms with E-state index in [1.807, 2.05) is 6.92 Å². The lowest BCUT2D eigenvalue weighted by atomic mass is 10.1. The third-order valence-corrected chi connectivity index (χ3v) is 4.69. The number of benzene rings is 2. The first-order chi connectivity index (χ1) is 13.5. The Hall–Kier alpha value is -2.86. The van der Waals surface area contributed by atoms with Crippen LogP contribution in [0.1, 0.15) is 41.0 Å². The number of carbonyl (C=O) groups is 3. The van der Waals surface area contributed by atoms with Gasteiger partial charge in [0.25, 0.3) is 11.8 Å². The number of Topliss-reactive ketones (excluding diaryl/α,β-unsaturated/α-hetero) is 1. The molecule has 28 heavy (non-hydrogen) atoms. The molecule has 7 heteroatoms. The van der Waals surface area contributed by atoms with Crippen LogP contribution in [0.15, 0.2) is 42.5 Å². The number of amides is 2. The molecule has 2 aromatic rings. The lowest BCUT2D eigenvalue weighted by Crippen LogP contribution is -2.45. The van der Waals surface area contributed by atoms with Gasteiger partial charge in [0.05, 0.1) is 23.7 Å². The average Bonchev–Trinajstić information content (AvgIpc) is 2.79. The van der Waals surface area contributed by atoms with E-state index in [0.717, 1.165) is 4.90 Å². The number of fused-ring (bicyclic) bond motifs is 1. The Balaban J connectivity index is 1.89. The highest BCUT2D eigenvalue weighted by molar-refractivity contribution is 6.32. The van der Waals surface area contributed by atoms with Crippen LogP contribution in [-0.4, -0.2) is 41.8 Å². The molecule has 0 radical (unpaired) electrons. The predicted molar refractivity (Wildman–Crippen MR) is 104 cm³/mol. The van der Waals surface area contributed by atoms with Crippen molar-refractivity contribution in [1.29, 1.82) is 0 Å². The summed E-state index contributed by atoms with van der Waals surface area (Å²) in [5, 5.41) is 0.293. The lowest BCUT2D eigenvalue weighted by Gasteiger charge is -2.21. The van der Waals surface area contributed by atoms with E-state index in [9.17, 15) is 14.4 Å². The number of halogens is 1. The van der Waals surface area contributed by atoms with Crippen LogP contribution in [0.25, 0.3) is 0 Å². The number of hydrogen-bond acceptors (Lipinski definition) is 5. The van der Waals surface area contributed by atoms with Crippen molar-refractivity contribution in [1.82, 2.24) is 4.90 Å². The van der Waals surface area contributed by atoms with Gasteiger partial charge < -0.3 is 9.47 Å². The number of ketones is 1. The van der Waals surface area contributed by atoms with E-state index in [4.69, 9.17) is 21.1 Å². The highest BCUT2D eigenvalue weighted by Gasteiger charge is 2.36. The van der Waals surface area contributed by atoms with E-state index in [2.05, 4.69) is 0 Å². The largest absolute Gasteiger partial charge is 0.492 e.